The van der Waals surface area contributed by atoms with Crippen molar-refractivity contribution >= 4 is 23.4 Å². The van der Waals surface area contributed by atoms with Gasteiger partial charge in [-0.25, -0.2) is 0 Å². The summed E-state index contributed by atoms with van der Waals surface area (Å²) in [5.41, 5.74) is 2.02. The van der Waals surface area contributed by atoms with Crippen LogP contribution in [0.15, 0.2) is 47.4 Å². The smallest absolute Gasteiger partial charge is 0.279 e. The molecule has 5 nitrogen and oxygen atoms in total. The Morgan fingerprint density at radius 1 is 1.22 bits per heavy atom. The quantitative estimate of drug-likeness (QED) is 0.718. The molecule has 1 amide bonds. The summed E-state index contributed by atoms with van der Waals surface area (Å²) < 4.78 is 10.9. The summed E-state index contributed by atoms with van der Waals surface area (Å²) >= 11 is 1.64. The van der Waals surface area contributed by atoms with Gasteiger partial charge in [-0.15, -0.1) is 11.8 Å². The van der Waals surface area contributed by atoms with E-state index in [1.807, 2.05) is 42.7 Å². The molecule has 1 aliphatic rings. The van der Waals surface area contributed by atoms with E-state index in [1.54, 1.807) is 26.0 Å². The van der Waals surface area contributed by atoms with Crippen LogP contribution in [0.4, 0.5) is 5.69 Å². The number of hydrogen-bond acceptors (Lipinski definition) is 4. The first-order valence-electron chi connectivity index (χ1n) is 9.15. The summed E-state index contributed by atoms with van der Waals surface area (Å²) in [6.07, 6.45) is 4.17. The van der Waals surface area contributed by atoms with Gasteiger partial charge in [0.25, 0.3) is 5.91 Å². The van der Waals surface area contributed by atoms with Gasteiger partial charge >= 0.3 is 0 Å². The SMILES string of the molecule is COc1ccc([C@@H]2CCC[NH+]2CC(=O)Nc2ccccc2SC)c(OC)c1. The molecule has 1 unspecified atom stereocenters. The predicted octanol–water partition coefficient (Wildman–Crippen LogP) is 2.78. The van der Waals surface area contributed by atoms with E-state index in [0.717, 1.165) is 47.0 Å². The Labute approximate surface area is 165 Å². The average Bonchev–Trinajstić information content (AvgIpc) is 3.15. The van der Waals surface area contributed by atoms with Crippen LogP contribution < -0.4 is 19.7 Å². The normalized spacial score (nSPS) is 18.9. The molecule has 0 radical (unpaired) electrons. The van der Waals surface area contributed by atoms with E-state index < -0.39 is 0 Å². The summed E-state index contributed by atoms with van der Waals surface area (Å²) in [6.45, 7) is 1.43. The molecule has 27 heavy (non-hydrogen) atoms. The van der Waals surface area contributed by atoms with Crippen molar-refractivity contribution in [2.75, 3.05) is 38.9 Å². The zero-order valence-corrected chi connectivity index (χ0v) is 16.9. The highest BCUT2D eigenvalue weighted by Gasteiger charge is 2.33. The molecule has 2 aromatic carbocycles. The monoisotopic (exact) mass is 387 g/mol. The molecule has 0 spiro atoms. The second-order valence-corrected chi connectivity index (χ2v) is 7.48. The zero-order chi connectivity index (χ0) is 19.2. The molecule has 0 saturated carbocycles. The van der Waals surface area contributed by atoms with Gasteiger partial charge in [0.15, 0.2) is 6.54 Å². The van der Waals surface area contributed by atoms with Crippen LogP contribution in [0.5, 0.6) is 11.5 Å². The molecule has 0 aromatic heterocycles. The maximum Gasteiger partial charge on any atom is 0.279 e. The number of carbonyl (C=O) groups excluding carboxylic acids is 1. The Morgan fingerprint density at radius 3 is 2.78 bits per heavy atom. The van der Waals surface area contributed by atoms with Crippen LogP contribution in [0.3, 0.4) is 0 Å². The number of nitrogens with one attached hydrogen (secondary N) is 2. The first-order chi connectivity index (χ1) is 13.2. The van der Waals surface area contributed by atoms with Crippen molar-refractivity contribution in [2.45, 2.75) is 23.8 Å². The lowest BCUT2D eigenvalue weighted by molar-refractivity contribution is -0.910. The highest BCUT2D eigenvalue weighted by atomic mass is 32.2. The number of benzene rings is 2. The minimum Gasteiger partial charge on any atom is -0.497 e. The van der Waals surface area contributed by atoms with E-state index in [-0.39, 0.29) is 11.9 Å². The van der Waals surface area contributed by atoms with Crippen LogP contribution in [0, 0.1) is 0 Å². The number of carbonyl (C=O) groups is 1. The maximum atomic E-state index is 12.7. The fourth-order valence-electron chi connectivity index (χ4n) is 3.75. The zero-order valence-electron chi connectivity index (χ0n) is 16.1. The van der Waals surface area contributed by atoms with E-state index in [9.17, 15) is 4.79 Å². The molecule has 0 bridgehead atoms. The van der Waals surface area contributed by atoms with Crippen LogP contribution in [0.1, 0.15) is 24.4 Å². The number of methoxy groups -OCH3 is 2. The van der Waals surface area contributed by atoms with Gasteiger partial charge in [0, 0.05) is 23.8 Å². The minimum atomic E-state index is 0.0471. The molecular weight excluding hydrogens is 360 g/mol. The predicted molar refractivity (Wildman–Crippen MR) is 109 cm³/mol. The van der Waals surface area contributed by atoms with Crippen LogP contribution in [-0.2, 0) is 4.79 Å². The van der Waals surface area contributed by atoms with Crippen LogP contribution in [0.2, 0.25) is 0 Å². The maximum absolute atomic E-state index is 12.7. The fourth-order valence-corrected chi connectivity index (χ4v) is 4.31. The van der Waals surface area contributed by atoms with E-state index in [0.29, 0.717) is 6.54 Å². The Morgan fingerprint density at radius 2 is 2.04 bits per heavy atom. The number of para-hydroxylation sites is 1. The lowest BCUT2D eigenvalue weighted by Gasteiger charge is -2.23. The molecular formula is C21H27N2O3S+. The topological polar surface area (TPSA) is 52.0 Å². The Kier molecular flexibility index (Phi) is 6.63. The number of anilines is 1. The minimum absolute atomic E-state index is 0.0471. The van der Waals surface area contributed by atoms with Crippen molar-refractivity contribution in [3.05, 3.63) is 48.0 Å². The Hall–Kier alpha value is -2.18. The van der Waals surface area contributed by atoms with Gasteiger partial charge in [0.1, 0.15) is 17.5 Å². The lowest BCUT2D eigenvalue weighted by Crippen LogP contribution is -3.11. The highest BCUT2D eigenvalue weighted by Crippen LogP contribution is 2.31. The number of quaternary nitrogens is 1. The number of hydrogen-bond donors (Lipinski definition) is 2. The van der Waals surface area contributed by atoms with E-state index in [2.05, 4.69) is 11.4 Å². The van der Waals surface area contributed by atoms with Crippen LogP contribution in [0.25, 0.3) is 0 Å². The van der Waals surface area contributed by atoms with Crippen molar-refractivity contribution in [2.24, 2.45) is 0 Å². The van der Waals surface area contributed by atoms with Crippen molar-refractivity contribution in [1.29, 1.82) is 0 Å². The third-order valence-corrected chi connectivity index (χ3v) is 5.86. The first kappa shape index (κ1) is 19.6. The molecule has 6 heteroatoms. The molecule has 2 aromatic rings. The molecule has 2 N–H and O–H groups in total. The highest BCUT2D eigenvalue weighted by molar-refractivity contribution is 7.98. The lowest BCUT2D eigenvalue weighted by atomic mass is 10.0. The molecule has 0 aliphatic carbocycles. The molecule has 2 atom stereocenters. The van der Waals surface area contributed by atoms with Gasteiger partial charge in [-0.05, 0) is 30.5 Å². The molecule has 1 saturated heterocycles. The van der Waals surface area contributed by atoms with Gasteiger partial charge in [-0.3, -0.25) is 4.79 Å². The number of likely N-dealkylation sites (tertiary alicyclic amines) is 1. The second kappa shape index (κ2) is 9.15. The summed E-state index contributed by atoms with van der Waals surface area (Å²) in [4.78, 5) is 15.0. The summed E-state index contributed by atoms with van der Waals surface area (Å²) in [7, 11) is 3.33. The van der Waals surface area contributed by atoms with Crippen molar-refractivity contribution in [1.82, 2.24) is 0 Å². The molecule has 3 rings (SSSR count). The third kappa shape index (κ3) is 4.57. The van der Waals surface area contributed by atoms with Crippen LogP contribution >= 0.6 is 11.8 Å². The third-order valence-electron chi connectivity index (χ3n) is 5.07. The number of ether oxygens (including phenoxy) is 2. The molecule has 1 aliphatic heterocycles. The van der Waals surface area contributed by atoms with Crippen molar-refractivity contribution in [3.63, 3.8) is 0 Å². The van der Waals surface area contributed by atoms with Crippen molar-refractivity contribution in [3.8, 4) is 11.5 Å². The molecule has 144 valence electrons. The Balaban J connectivity index is 1.72. The number of thioether (sulfide) groups is 1. The standard InChI is InChI=1S/C21H26N2O3S/c1-25-15-10-11-16(19(13-15)26-2)18-8-6-12-23(18)14-21(24)22-17-7-4-5-9-20(17)27-3/h4-5,7,9-11,13,18H,6,8,12,14H2,1-3H3,(H,22,24)/p+1/t18-/m0/s1. The van der Waals surface area contributed by atoms with E-state index >= 15 is 0 Å². The van der Waals surface area contributed by atoms with Gasteiger partial charge in [0.05, 0.1) is 32.0 Å². The Bertz CT molecular complexity index is 797. The van der Waals surface area contributed by atoms with Gasteiger partial charge in [0.2, 0.25) is 0 Å². The summed E-state index contributed by atoms with van der Waals surface area (Å²) in [5, 5.41) is 3.08. The van der Waals surface area contributed by atoms with Crippen molar-refractivity contribution < 1.29 is 19.2 Å². The number of rotatable bonds is 7. The largest absolute Gasteiger partial charge is 0.497 e. The van der Waals surface area contributed by atoms with Gasteiger partial charge in [-0.2, -0.15) is 0 Å². The fraction of sp³-hybridized carbons (Fsp3) is 0.381. The summed E-state index contributed by atoms with van der Waals surface area (Å²) in [5.74, 6) is 1.65. The number of amides is 1. The van der Waals surface area contributed by atoms with E-state index in [4.69, 9.17) is 9.47 Å². The van der Waals surface area contributed by atoms with Crippen LogP contribution in [-0.4, -0.2) is 39.5 Å². The molecule has 1 fully saturated rings. The van der Waals surface area contributed by atoms with E-state index in [1.165, 1.54) is 4.90 Å². The average molecular weight is 388 g/mol. The van der Waals surface area contributed by atoms with Gasteiger partial charge < -0.3 is 19.7 Å². The second-order valence-electron chi connectivity index (χ2n) is 6.64. The molecule has 1 heterocycles. The first-order valence-corrected chi connectivity index (χ1v) is 10.4. The van der Waals surface area contributed by atoms with Gasteiger partial charge in [-0.1, -0.05) is 12.1 Å². The summed E-state index contributed by atoms with van der Waals surface area (Å²) in [6, 6.07) is 14.1.